The molecule has 0 radical (unpaired) electrons. The topological polar surface area (TPSA) is 29.5 Å². The smallest absolute Gasteiger partial charge is 0.227 e. The van der Waals surface area contributed by atoms with E-state index in [1.54, 1.807) is 23.1 Å². The molecule has 0 spiro atoms. The van der Waals surface area contributed by atoms with E-state index >= 15 is 0 Å². The zero-order chi connectivity index (χ0) is 13.1. The van der Waals surface area contributed by atoms with Gasteiger partial charge in [-0.05, 0) is 25.5 Å². The maximum absolute atomic E-state index is 13.5. The highest BCUT2D eigenvalue weighted by Gasteiger charge is 2.26. The van der Waals surface area contributed by atoms with Crippen LogP contribution in [0.4, 0.5) is 4.39 Å². The van der Waals surface area contributed by atoms with Gasteiger partial charge in [0, 0.05) is 13.1 Å². The van der Waals surface area contributed by atoms with Crippen molar-refractivity contribution in [3.63, 3.8) is 0 Å². The molecule has 0 unspecified atom stereocenters. The Morgan fingerprint density at radius 1 is 1.33 bits per heavy atom. The summed E-state index contributed by atoms with van der Waals surface area (Å²) in [6.07, 6.45) is 0.197. The van der Waals surface area contributed by atoms with Gasteiger partial charge < -0.3 is 9.64 Å². The highest BCUT2D eigenvalue weighted by atomic mass is 19.1. The van der Waals surface area contributed by atoms with Crippen LogP contribution >= 0.6 is 0 Å². The SMILES string of the molecule is C[C@@H]1CN(C(=O)Cc2ccccc2F)C[C@@H](C)O1. The molecule has 1 fully saturated rings. The number of hydrogen-bond donors (Lipinski definition) is 0. The minimum Gasteiger partial charge on any atom is -0.372 e. The normalized spacial score (nSPS) is 24.1. The summed E-state index contributed by atoms with van der Waals surface area (Å²) < 4.78 is 19.0. The Kier molecular flexibility index (Phi) is 3.97. The first-order chi connectivity index (χ1) is 8.56. The van der Waals surface area contributed by atoms with Gasteiger partial charge in [0.1, 0.15) is 5.82 Å². The number of hydrogen-bond acceptors (Lipinski definition) is 2. The van der Waals surface area contributed by atoms with E-state index in [9.17, 15) is 9.18 Å². The van der Waals surface area contributed by atoms with E-state index in [4.69, 9.17) is 4.74 Å². The van der Waals surface area contributed by atoms with Crippen molar-refractivity contribution in [3.05, 3.63) is 35.6 Å². The molecule has 0 bridgehead atoms. The lowest BCUT2D eigenvalue weighted by Crippen LogP contribution is -2.48. The minimum atomic E-state index is -0.319. The third kappa shape index (κ3) is 3.07. The van der Waals surface area contributed by atoms with Crippen LogP contribution in [0.2, 0.25) is 0 Å². The molecular formula is C14H18FNO2. The van der Waals surface area contributed by atoms with E-state index in [0.29, 0.717) is 18.7 Å². The number of nitrogens with zero attached hydrogens (tertiary/aromatic N) is 1. The molecule has 0 saturated carbocycles. The molecule has 1 aliphatic rings. The molecule has 1 aromatic carbocycles. The number of carbonyl (C=O) groups is 1. The summed E-state index contributed by atoms with van der Waals surface area (Å²) in [5, 5.41) is 0. The van der Waals surface area contributed by atoms with Crippen LogP contribution in [0.1, 0.15) is 19.4 Å². The number of morpholine rings is 1. The summed E-state index contributed by atoms with van der Waals surface area (Å²) in [5.41, 5.74) is 0.453. The second-order valence-electron chi connectivity index (χ2n) is 4.82. The van der Waals surface area contributed by atoms with E-state index in [2.05, 4.69) is 0 Å². The van der Waals surface area contributed by atoms with Gasteiger partial charge in [0.15, 0.2) is 0 Å². The second-order valence-corrected chi connectivity index (χ2v) is 4.82. The van der Waals surface area contributed by atoms with Crippen molar-refractivity contribution in [1.29, 1.82) is 0 Å². The highest BCUT2D eigenvalue weighted by Crippen LogP contribution is 2.14. The van der Waals surface area contributed by atoms with Crippen LogP contribution in [0.3, 0.4) is 0 Å². The van der Waals surface area contributed by atoms with E-state index in [0.717, 1.165) is 0 Å². The fraction of sp³-hybridized carbons (Fsp3) is 0.500. The molecule has 0 aliphatic carbocycles. The largest absolute Gasteiger partial charge is 0.372 e. The Bertz CT molecular complexity index is 426. The summed E-state index contributed by atoms with van der Waals surface area (Å²) >= 11 is 0. The van der Waals surface area contributed by atoms with Crippen LogP contribution in [-0.2, 0) is 16.0 Å². The van der Waals surface area contributed by atoms with Crippen molar-refractivity contribution in [3.8, 4) is 0 Å². The number of rotatable bonds is 2. The number of halogens is 1. The van der Waals surface area contributed by atoms with Gasteiger partial charge in [0.2, 0.25) is 5.91 Å². The lowest BCUT2D eigenvalue weighted by atomic mass is 10.1. The van der Waals surface area contributed by atoms with E-state index < -0.39 is 0 Å². The first-order valence-corrected chi connectivity index (χ1v) is 6.23. The summed E-state index contributed by atoms with van der Waals surface area (Å²) in [7, 11) is 0. The average molecular weight is 251 g/mol. The second kappa shape index (κ2) is 5.48. The van der Waals surface area contributed by atoms with Crippen LogP contribution in [0.25, 0.3) is 0 Å². The molecule has 3 nitrogen and oxygen atoms in total. The summed E-state index contributed by atoms with van der Waals surface area (Å²) in [5.74, 6) is -0.359. The summed E-state index contributed by atoms with van der Waals surface area (Å²) in [4.78, 5) is 13.9. The minimum absolute atomic E-state index is 0.0397. The molecule has 1 amide bonds. The quantitative estimate of drug-likeness (QED) is 0.804. The zero-order valence-corrected chi connectivity index (χ0v) is 10.7. The highest BCUT2D eigenvalue weighted by molar-refractivity contribution is 5.79. The van der Waals surface area contributed by atoms with Crippen molar-refractivity contribution in [2.24, 2.45) is 0 Å². The standard InChI is InChI=1S/C14H18FNO2/c1-10-8-16(9-11(2)18-10)14(17)7-12-5-3-4-6-13(12)15/h3-6,10-11H,7-9H2,1-2H3/t10-,11-/m1/s1. The Morgan fingerprint density at radius 2 is 1.94 bits per heavy atom. The molecule has 1 heterocycles. The lowest BCUT2D eigenvalue weighted by Gasteiger charge is -2.35. The Labute approximate surface area is 107 Å². The molecular weight excluding hydrogens is 233 g/mol. The van der Waals surface area contributed by atoms with Gasteiger partial charge in [0.25, 0.3) is 0 Å². The van der Waals surface area contributed by atoms with Gasteiger partial charge in [0.05, 0.1) is 18.6 Å². The van der Waals surface area contributed by atoms with E-state index in [1.807, 2.05) is 13.8 Å². The first-order valence-electron chi connectivity index (χ1n) is 6.23. The third-order valence-corrected chi connectivity index (χ3v) is 3.07. The molecule has 0 N–H and O–H groups in total. The van der Waals surface area contributed by atoms with Gasteiger partial charge in [-0.15, -0.1) is 0 Å². The molecule has 1 aliphatic heterocycles. The van der Waals surface area contributed by atoms with Crippen molar-refractivity contribution in [2.75, 3.05) is 13.1 Å². The van der Waals surface area contributed by atoms with Gasteiger partial charge >= 0.3 is 0 Å². The molecule has 4 heteroatoms. The Morgan fingerprint density at radius 3 is 2.56 bits per heavy atom. The molecule has 1 aromatic rings. The van der Waals surface area contributed by atoms with Crippen LogP contribution in [0.15, 0.2) is 24.3 Å². The number of benzene rings is 1. The number of carbonyl (C=O) groups excluding carboxylic acids is 1. The molecule has 98 valence electrons. The van der Waals surface area contributed by atoms with Crippen LogP contribution in [0.5, 0.6) is 0 Å². The molecule has 18 heavy (non-hydrogen) atoms. The zero-order valence-electron chi connectivity index (χ0n) is 10.7. The fourth-order valence-corrected chi connectivity index (χ4v) is 2.30. The van der Waals surface area contributed by atoms with Crippen molar-refractivity contribution < 1.29 is 13.9 Å². The number of amides is 1. The third-order valence-electron chi connectivity index (χ3n) is 3.07. The van der Waals surface area contributed by atoms with Crippen molar-refractivity contribution in [2.45, 2.75) is 32.5 Å². The van der Waals surface area contributed by atoms with Gasteiger partial charge in [-0.2, -0.15) is 0 Å². The predicted molar refractivity (Wildman–Crippen MR) is 66.7 cm³/mol. The van der Waals surface area contributed by atoms with E-state index in [1.165, 1.54) is 6.07 Å². The first kappa shape index (κ1) is 13.0. The Balaban J connectivity index is 2.02. The van der Waals surface area contributed by atoms with Crippen LogP contribution in [-0.4, -0.2) is 36.1 Å². The monoisotopic (exact) mass is 251 g/mol. The van der Waals surface area contributed by atoms with Crippen molar-refractivity contribution >= 4 is 5.91 Å². The molecule has 2 rings (SSSR count). The van der Waals surface area contributed by atoms with Gasteiger partial charge in [-0.25, -0.2) is 4.39 Å². The Hall–Kier alpha value is -1.42. The fourth-order valence-electron chi connectivity index (χ4n) is 2.30. The summed E-state index contributed by atoms with van der Waals surface area (Å²) in [6.45, 7) is 5.05. The predicted octanol–water partition coefficient (Wildman–Crippen LogP) is 2.00. The van der Waals surface area contributed by atoms with Crippen LogP contribution in [0, 0.1) is 5.82 Å². The number of ether oxygens (including phenoxy) is 1. The maximum Gasteiger partial charge on any atom is 0.227 e. The molecule has 2 atom stereocenters. The van der Waals surface area contributed by atoms with Crippen LogP contribution < -0.4 is 0 Å². The molecule has 1 saturated heterocycles. The maximum atomic E-state index is 13.5. The van der Waals surface area contributed by atoms with Crippen molar-refractivity contribution in [1.82, 2.24) is 4.90 Å². The van der Waals surface area contributed by atoms with Gasteiger partial charge in [-0.1, -0.05) is 18.2 Å². The van der Waals surface area contributed by atoms with E-state index in [-0.39, 0.29) is 30.4 Å². The molecule has 0 aromatic heterocycles. The lowest BCUT2D eigenvalue weighted by molar-refractivity contribution is -0.142. The summed E-state index contributed by atoms with van der Waals surface area (Å²) in [6, 6.07) is 6.41. The van der Waals surface area contributed by atoms with Gasteiger partial charge in [-0.3, -0.25) is 4.79 Å². The average Bonchev–Trinajstić information content (AvgIpc) is 2.31.